The SMILES string of the molecule is Cc1ccc(C(C(=O)Nc2ccccc2)N2C[C@H]3CN(C(=O)CCC4CCC4)C[C@@]3(CO)C2)cn1.O=C(O)C(F)(F)F. The van der Waals surface area contributed by atoms with E-state index in [9.17, 15) is 27.9 Å². The summed E-state index contributed by atoms with van der Waals surface area (Å²) in [7, 11) is 0. The molecule has 0 spiro atoms. The van der Waals surface area contributed by atoms with Gasteiger partial charge in [0.15, 0.2) is 0 Å². The van der Waals surface area contributed by atoms with Crippen molar-refractivity contribution in [1.29, 1.82) is 0 Å². The number of aryl methyl sites for hydroxylation is 1. The number of carboxylic acid groups (broad SMARTS) is 1. The van der Waals surface area contributed by atoms with E-state index in [1.54, 1.807) is 6.20 Å². The fraction of sp³-hybridized carbons (Fsp3) is 0.533. The summed E-state index contributed by atoms with van der Waals surface area (Å²) in [5.74, 6) is -1.79. The van der Waals surface area contributed by atoms with Crippen LogP contribution in [0, 0.1) is 24.2 Å². The minimum absolute atomic E-state index is 0.0136. The maximum Gasteiger partial charge on any atom is 0.490 e. The second-order valence-corrected chi connectivity index (χ2v) is 11.6. The number of rotatable bonds is 8. The summed E-state index contributed by atoms with van der Waals surface area (Å²) in [6.45, 7) is 4.39. The van der Waals surface area contributed by atoms with Crippen LogP contribution in [0.1, 0.15) is 49.4 Å². The Labute approximate surface area is 242 Å². The number of aromatic nitrogens is 1. The van der Waals surface area contributed by atoms with Gasteiger partial charge < -0.3 is 20.4 Å². The number of nitrogens with zero attached hydrogens (tertiary/aromatic N) is 3. The number of aliphatic hydroxyl groups is 1. The van der Waals surface area contributed by atoms with Crippen LogP contribution in [0.4, 0.5) is 18.9 Å². The maximum atomic E-state index is 13.5. The first-order valence-corrected chi connectivity index (χ1v) is 14.1. The molecule has 1 aromatic heterocycles. The van der Waals surface area contributed by atoms with Crippen LogP contribution >= 0.6 is 0 Å². The molecule has 2 amide bonds. The van der Waals surface area contributed by atoms with Crippen molar-refractivity contribution < 1.29 is 37.8 Å². The van der Waals surface area contributed by atoms with Crippen LogP contribution in [0.2, 0.25) is 0 Å². The van der Waals surface area contributed by atoms with Gasteiger partial charge in [-0.25, -0.2) is 4.79 Å². The number of carbonyl (C=O) groups excluding carboxylic acids is 2. The predicted molar refractivity (Wildman–Crippen MR) is 148 cm³/mol. The van der Waals surface area contributed by atoms with Gasteiger partial charge in [-0.05, 0) is 48.9 Å². The van der Waals surface area contributed by atoms with Crippen molar-refractivity contribution in [2.45, 2.75) is 51.2 Å². The van der Waals surface area contributed by atoms with E-state index in [0.717, 1.165) is 29.3 Å². The number of para-hydroxylation sites is 1. The monoisotopic (exact) mass is 590 g/mol. The molecule has 0 bridgehead atoms. The number of hydrogen-bond acceptors (Lipinski definition) is 6. The van der Waals surface area contributed by atoms with Crippen molar-refractivity contribution in [3.63, 3.8) is 0 Å². The van der Waals surface area contributed by atoms with Crippen molar-refractivity contribution in [1.82, 2.24) is 14.8 Å². The summed E-state index contributed by atoms with van der Waals surface area (Å²) in [5.41, 5.74) is 2.10. The standard InChI is InChI=1S/C28H36N4O3.C2HF3O2/c1-20-10-12-22(14-29-20)26(27(35)30-24-8-3-2-4-9-24)32-16-23-15-31(17-28(23,18-32)19-33)25(34)13-11-21-6-5-7-21;3-2(4,5)1(6)7/h2-4,8-10,12,14,21,23,26,33H,5-7,11,13,15-19H2,1H3,(H,30,35);(H,6,7)/t23-,26?,28+;/m1./s1. The third-order valence-electron chi connectivity index (χ3n) is 8.59. The van der Waals surface area contributed by atoms with Crippen LogP contribution < -0.4 is 5.32 Å². The van der Waals surface area contributed by atoms with E-state index in [0.29, 0.717) is 32.6 Å². The number of benzene rings is 1. The number of nitrogens with one attached hydrogen (secondary N) is 1. The Morgan fingerprint density at radius 3 is 2.31 bits per heavy atom. The summed E-state index contributed by atoms with van der Waals surface area (Å²) in [4.78, 5) is 43.9. The molecular formula is C30H37F3N4O5. The van der Waals surface area contributed by atoms with Gasteiger partial charge in [0, 0.05) is 55.6 Å². The number of hydrogen-bond donors (Lipinski definition) is 3. The summed E-state index contributed by atoms with van der Waals surface area (Å²) in [5, 5.41) is 20.7. The minimum atomic E-state index is -5.08. The number of alkyl halides is 3. The summed E-state index contributed by atoms with van der Waals surface area (Å²) < 4.78 is 31.7. The molecule has 12 heteroatoms. The highest BCUT2D eigenvalue weighted by atomic mass is 19.4. The zero-order valence-electron chi connectivity index (χ0n) is 23.5. The molecule has 1 saturated carbocycles. The van der Waals surface area contributed by atoms with Crippen LogP contribution in [0.5, 0.6) is 0 Å². The van der Waals surface area contributed by atoms with Gasteiger partial charge >= 0.3 is 12.1 Å². The molecule has 2 saturated heterocycles. The van der Waals surface area contributed by atoms with Crippen molar-refractivity contribution in [2.24, 2.45) is 17.3 Å². The number of likely N-dealkylation sites (tertiary alicyclic amines) is 2. The molecular weight excluding hydrogens is 553 g/mol. The highest BCUT2D eigenvalue weighted by Gasteiger charge is 2.55. The molecule has 3 fully saturated rings. The van der Waals surface area contributed by atoms with Crippen molar-refractivity contribution in [2.75, 3.05) is 38.1 Å². The first-order valence-electron chi connectivity index (χ1n) is 14.1. The van der Waals surface area contributed by atoms with Crippen LogP contribution in [-0.2, 0) is 14.4 Å². The normalized spacial score (nSPS) is 22.9. The van der Waals surface area contributed by atoms with Crippen LogP contribution in [0.3, 0.4) is 0 Å². The minimum Gasteiger partial charge on any atom is -0.475 e. The van der Waals surface area contributed by atoms with Gasteiger partial charge in [0.05, 0.1) is 6.61 Å². The number of aliphatic hydroxyl groups excluding tert-OH is 1. The zero-order chi connectivity index (χ0) is 30.5. The van der Waals surface area contributed by atoms with Crippen LogP contribution in [-0.4, -0.2) is 81.7 Å². The van der Waals surface area contributed by atoms with E-state index in [4.69, 9.17) is 9.90 Å². The maximum absolute atomic E-state index is 13.5. The molecule has 3 aliphatic rings. The quantitative estimate of drug-likeness (QED) is 0.424. The van der Waals surface area contributed by atoms with E-state index in [1.165, 1.54) is 19.3 Å². The van der Waals surface area contributed by atoms with Crippen molar-refractivity contribution in [3.8, 4) is 0 Å². The average molecular weight is 591 g/mol. The third kappa shape index (κ3) is 7.46. The zero-order valence-corrected chi connectivity index (χ0v) is 23.5. The van der Waals surface area contributed by atoms with Gasteiger partial charge in [-0.2, -0.15) is 13.2 Å². The first kappa shape index (κ1) is 31.4. The molecule has 2 aromatic rings. The second-order valence-electron chi connectivity index (χ2n) is 11.6. The topological polar surface area (TPSA) is 123 Å². The van der Waals surface area contributed by atoms with Gasteiger partial charge in [-0.15, -0.1) is 0 Å². The number of pyridine rings is 1. The molecule has 1 aliphatic carbocycles. The lowest BCUT2D eigenvalue weighted by Gasteiger charge is -2.32. The number of carbonyl (C=O) groups is 3. The lowest BCUT2D eigenvalue weighted by atomic mass is 9.82. The molecule has 5 rings (SSSR count). The second kappa shape index (κ2) is 13.2. The summed E-state index contributed by atoms with van der Waals surface area (Å²) >= 11 is 0. The predicted octanol–water partition coefficient (Wildman–Crippen LogP) is 4.04. The van der Waals surface area contributed by atoms with E-state index in [-0.39, 0.29) is 24.3 Å². The average Bonchev–Trinajstić information content (AvgIpc) is 3.44. The molecule has 1 unspecified atom stereocenters. The fourth-order valence-corrected chi connectivity index (χ4v) is 6.00. The van der Waals surface area contributed by atoms with Gasteiger partial charge in [-0.1, -0.05) is 43.5 Å². The van der Waals surface area contributed by atoms with E-state index in [2.05, 4.69) is 15.2 Å². The Kier molecular flexibility index (Phi) is 9.88. The number of carboxylic acids is 1. The number of anilines is 1. The molecule has 3 heterocycles. The smallest absolute Gasteiger partial charge is 0.475 e. The van der Waals surface area contributed by atoms with Gasteiger partial charge in [-0.3, -0.25) is 19.5 Å². The lowest BCUT2D eigenvalue weighted by molar-refractivity contribution is -0.192. The van der Waals surface area contributed by atoms with E-state index in [1.807, 2.05) is 54.3 Å². The van der Waals surface area contributed by atoms with E-state index < -0.39 is 23.6 Å². The first-order chi connectivity index (χ1) is 19.9. The molecule has 3 N–H and O–H groups in total. The molecule has 228 valence electrons. The van der Waals surface area contributed by atoms with Gasteiger partial charge in [0.1, 0.15) is 6.04 Å². The molecule has 9 nitrogen and oxygen atoms in total. The van der Waals surface area contributed by atoms with Gasteiger partial charge in [0.25, 0.3) is 0 Å². The number of amides is 2. The molecule has 42 heavy (non-hydrogen) atoms. The Morgan fingerprint density at radius 2 is 1.79 bits per heavy atom. The van der Waals surface area contributed by atoms with Gasteiger partial charge in [0.2, 0.25) is 11.8 Å². The Bertz CT molecular complexity index is 1240. The largest absolute Gasteiger partial charge is 0.490 e. The Balaban J connectivity index is 0.000000517. The van der Waals surface area contributed by atoms with Crippen molar-refractivity contribution >= 4 is 23.5 Å². The number of fused-ring (bicyclic) bond motifs is 1. The molecule has 0 radical (unpaired) electrons. The lowest BCUT2D eigenvalue weighted by Crippen LogP contribution is -2.42. The molecule has 3 atom stereocenters. The molecule has 2 aliphatic heterocycles. The summed E-state index contributed by atoms with van der Waals surface area (Å²) in [6, 6.07) is 12.9. The van der Waals surface area contributed by atoms with Crippen molar-refractivity contribution in [3.05, 3.63) is 59.9 Å². The van der Waals surface area contributed by atoms with Crippen LogP contribution in [0.15, 0.2) is 48.7 Å². The Morgan fingerprint density at radius 1 is 1.10 bits per heavy atom. The van der Waals surface area contributed by atoms with Crippen LogP contribution in [0.25, 0.3) is 0 Å². The highest BCUT2D eigenvalue weighted by molar-refractivity contribution is 5.95. The fourth-order valence-electron chi connectivity index (χ4n) is 6.00. The summed E-state index contributed by atoms with van der Waals surface area (Å²) in [6.07, 6.45) is 2.10. The number of halogens is 3. The highest BCUT2D eigenvalue weighted by Crippen LogP contribution is 2.45. The Hall–Kier alpha value is -3.51. The van der Waals surface area contributed by atoms with E-state index >= 15 is 0 Å². The third-order valence-corrected chi connectivity index (χ3v) is 8.59. The molecule has 1 aromatic carbocycles. The number of aliphatic carboxylic acids is 1.